The molecule has 1 aliphatic carbocycles. The molecule has 0 amide bonds. The molecule has 18 heavy (non-hydrogen) atoms. The number of ether oxygens (including phenoxy) is 1. The first-order chi connectivity index (χ1) is 8.36. The fraction of sp³-hybridized carbons (Fsp3) is 0.429. The van der Waals surface area contributed by atoms with Crippen LogP contribution in [0.2, 0.25) is 0 Å². The van der Waals surface area contributed by atoms with Crippen molar-refractivity contribution in [2.24, 2.45) is 5.92 Å². The minimum atomic E-state index is -0.445. The second-order valence-corrected chi connectivity index (χ2v) is 4.81. The number of aliphatic hydroxyl groups is 1. The van der Waals surface area contributed by atoms with Gasteiger partial charge in [-0.15, -0.1) is 0 Å². The molecule has 0 aromatic heterocycles. The van der Waals surface area contributed by atoms with Crippen LogP contribution in [0.25, 0.3) is 0 Å². The van der Waals surface area contributed by atoms with Crippen LogP contribution in [0.1, 0.15) is 27.7 Å². The van der Waals surface area contributed by atoms with Crippen molar-refractivity contribution < 1.29 is 19.4 Å². The predicted molar refractivity (Wildman–Crippen MR) is 65.8 cm³/mol. The van der Waals surface area contributed by atoms with E-state index in [1.54, 1.807) is 6.92 Å². The van der Waals surface area contributed by atoms with Crippen molar-refractivity contribution in [1.82, 2.24) is 0 Å². The molecule has 0 saturated heterocycles. The Labute approximate surface area is 106 Å². The van der Waals surface area contributed by atoms with Gasteiger partial charge in [0.05, 0.1) is 11.8 Å². The Kier molecular flexibility index (Phi) is 2.89. The third-order valence-electron chi connectivity index (χ3n) is 3.67. The fourth-order valence-corrected chi connectivity index (χ4v) is 2.44. The van der Waals surface area contributed by atoms with Crippen LogP contribution in [0, 0.1) is 5.92 Å². The second-order valence-electron chi connectivity index (χ2n) is 4.81. The zero-order valence-corrected chi connectivity index (χ0v) is 10.9. The van der Waals surface area contributed by atoms with Crippen molar-refractivity contribution in [2.45, 2.75) is 33.8 Å². The van der Waals surface area contributed by atoms with E-state index >= 15 is 0 Å². The minimum Gasteiger partial charge on any atom is -0.507 e. The number of hydrogen-bond acceptors (Lipinski definition) is 4. The van der Waals surface area contributed by atoms with Crippen molar-refractivity contribution >= 4 is 11.6 Å². The lowest BCUT2D eigenvalue weighted by Gasteiger charge is -2.33. The topological polar surface area (TPSA) is 63.6 Å². The van der Waals surface area contributed by atoms with Gasteiger partial charge in [-0.1, -0.05) is 6.92 Å². The largest absolute Gasteiger partial charge is 0.507 e. The van der Waals surface area contributed by atoms with Gasteiger partial charge >= 0.3 is 0 Å². The molecule has 0 spiro atoms. The third kappa shape index (κ3) is 1.60. The third-order valence-corrected chi connectivity index (χ3v) is 3.67. The maximum absolute atomic E-state index is 12.2. The summed E-state index contributed by atoms with van der Waals surface area (Å²) in [6, 6.07) is 0. The monoisotopic (exact) mass is 248 g/mol. The van der Waals surface area contributed by atoms with Gasteiger partial charge in [0.15, 0.2) is 5.78 Å². The molecule has 0 aromatic carbocycles. The molecule has 4 nitrogen and oxygen atoms in total. The van der Waals surface area contributed by atoms with Gasteiger partial charge in [-0.2, -0.15) is 0 Å². The lowest BCUT2D eigenvalue weighted by molar-refractivity contribution is -0.119. The van der Waals surface area contributed by atoms with Crippen LogP contribution in [0.4, 0.5) is 0 Å². The first-order valence-corrected chi connectivity index (χ1v) is 5.92. The molecule has 2 rings (SSSR count). The first kappa shape index (κ1) is 12.6. The van der Waals surface area contributed by atoms with Gasteiger partial charge in [-0.25, -0.2) is 0 Å². The highest BCUT2D eigenvalue weighted by Gasteiger charge is 2.38. The number of ketones is 2. The maximum atomic E-state index is 12.2. The average Bonchev–Trinajstić information content (AvgIpc) is 2.29. The van der Waals surface area contributed by atoms with E-state index < -0.39 is 11.6 Å². The highest BCUT2D eigenvalue weighted by Crippen LogP contribution is 2.39. The lowest BCUT2D eigenvalue weighted by atomic mass is 9.77. The molecule has 1 aliphatic heterocycles. The Morgan fingerprint density at radius 1 is 1.39 bits per heavy atom. The Hall–Kier alpha value is -1.84. The molecule has 4 heteroatoms. The van der Waals surface area contributed by atoms with Crippen molar-refractivity contribution in [3.05, 3.63) is 34.3 Å². The molecule has 0 unspecified atom stereocenters. The van der Waals surface area contributed by atoms with E-state index in [0.29, 0.717) is 11.1 Å². The van der Waals surface area contributed by atoms with E-state index in [-0.39, 0.29) is 23.4 Å². The van der Waals surface area contributed by atoms with E-state index in [2.05, 4.69) is 0 Å². The fourth-order valence-electron chi connectivity index (χ4n) is 2.44. The summed E-state index contributed by atoms with van der Waals surface area (Å²) in [5.41, 5.74) is 1.61. The van der Waals surface area contributed by atoms with Crippen LogP contribution in [0.5, 0.6) is 0 Å². The number of Topliss-reactive ketones (excluding diaryl/α,β-unsaturated/α-hetero) is 2. The minimum absolute atomic E-state index is 0.00427. The molecule has 96 valence electrons. The van der Waals surface area contributed by atoms with Gasteiger partial charge in [0.2, 0.25) is 5.78 Å². The van der Waals surface area contributed by atoms with E-state index in [1.807, 2.05) is 13.8 Å². The van der Waals surface area contributed by atoms with Crippen LogP contribution < -0.4 is 0 Å². The number of aliphatic hydroxyl groups excluding tert-OH is 1. The van der Waals surface area contributed by atoms with Gasteiger partial charge in [-0.05, 0) is 31.9 Å². The summed E-state index contributed by atoms with van der Waals surface area (Å²) in [5.74, 6) is -1.06. The summed E-state index contributed by atoms with van der Waals surface area (Å²) in [6.45, 7) is 6.85. The Morgan fingerprint density at radius 2 is 2.00 bits per heavy atom. The predicted octanol–water partition coefficient (Wildman–Crippen LogP) is 2.23. The molecule has 0 radical (unpaired) electrons. The Morgan fingerprint density at radius 3 is 2.56 bits per heavy atom. The van der Waals surface area contributed by atoms with E-state index in [9.17, 15) is 14.7 Å². The van der Waals surface area contributed by atoms with Crippen LogP contribution in [-0.2, 0) is 14.3 Å². The molecule has 0 bridgehead atoms. The van der Waals surface area contributed by atoms with Crippen molar-refractivity contribution in [3.8, 4) is 0 Å². The Balaban J connectivity index is 2.69. The van der Waals surface area contributed by atoms with Crippen molar-refractivity contribution in [1.29, 1.82) is 0 Å². The van der Waals surface area contributed by atoms with Gasteiger partial charge in [0.1, 0.15) is 17.4 Å². The van der Waals surface area contributed by atoms with Gasteiger partial charge < -0.3 is 9.84 Å². The number of allylic oxidation sites excluding steroid dienone is 3. The number of carbonyl (C=O) groups is 2. The van der Waals surface area contributed by atoms with Crippen molar-refractivity contribution in [3.63, 3.8) is 0 Å². The number of rotatable bonds is 1. The van der Waals surface area contributed by atoms with E-state index in [0.717, 1.165) is 5.57 Å². The van der Waals surface area contributed by atoms with Crippen LogP contribution >= 0.6 is 0 Å². The van der Waals surface area contributed by atoms with Crippen LogP contribution in [-0.4, -0.2) is 22.8 Å². The summed E-state index contributed by atoms with van der Waals surface area (Å²) in [4.78, 5) is 23.6. The van der Waals surface area contributed by atoms with Crippen LogP contribution in [0.3, 0.4) is 0 Å². The van der Waals surface area contributed by atoms with Gasteiger partial charge in [0.25, 0.3) is 0 Å². The molecule has 1 heterocycles. The number of hydrogen-bond donors (Lipinski definition) is 1. The normalized spacial score (nSPS) is 27.8. The Bertz CT molecular complexity index is 534. The van der Waals surface area contributed by atoms with Gasteiger partial charge in [-0.3, -0.25) is 9.59 Å². The summed E-state index contributed by atoms with van der Waals surface area (Å²) in [7, 11) is 0. The molecule has 0 aromatic rings. The smallest absolute Gasteiger partial charge is 0.203 e. The molecule has 0 saturated carbocycles. The summed E-state index contributed by atoms with van der Waals surface area (Å²) in [5, 5.41) is 10.0. The van der Waals surface area contributed by atoms with E-state index in [1.165, 1.54) is 13.2 Å². The maximum Gasteiger partial charge on any atom is 0.203 e. The summed E-state index contributed by atoms with van der Waals surface area (Å²) < 4.78 is 5.41. The van der Waals surface area contributed by atoms with E-state index in [4.69, 9.17) is 4.74 Å². The van der Waals surface area contributed by atoms with Crippen molar-refractivity contribution in [2.75, 3.05) is 0 Å². The number of carbonyl (C=O) groups excluding carboxylic acids is 2. The molecule has 0 fully saturated rings. The highest BCUT2D eigenvalue weighted by atomic mass is 16.5. The van der Waals surface area contributed by atoms with Crippen LogP contribution in [0.15, 0.2) is 34.3 Å². The molecular weight excluding hydrogens is 232 g/mol. The SMILES string of the molecule is CC(=O)C1=C(O)C(C)=C2C(=CO[C@H](C)[C@H]2C)C1=O. The zero-order valence-electron chi connectivity index (χ0n) is 10.9. The quantitative estimate of drug-likeness (QED) is 0.723. The zero-order chi connectivity index (χ0) is 13.6. The molecular formula is C14H16O4. The molecule has 2 aliphatic rings. The standard InChI is InChI=1S/C14H16O4/c1-6-9(4)18-5-10-11(6)7(2)13(16)12(8(3)15)14(10)17/h5-6,9,16H,1-4H3/t6-,9-/m1/s1. The summed E-state index contributed by atoms with van der Waals surface area (Å²) in [6.07, 6.45) is 1.35. The first-order valence-electron chi connectivity index (χ1n) is 5.92. The van der Waals surface area contributed by atoms with Gasteiger partial charge in [0, 0.05) is 5.92 Å². The molecule has 1 N–H and O–H groups in total. The summed E-state index contributed by atoms with van der Waals surface area (Å²) >= 11 is 0. The highest BCUT2D eigenvalue weighted by molar-refractivity contribution is 6.28. The lowest BCUT2D eigenvalue weighted by Crippen LogP contribution is -2.32. The second kappa shape index (κ2) is 4.12. The molecule has 2 atom stereocenters. The average molecular weight is 248 g/mol. The number of fused-ring (bicyclic) bond motifs is 1.